The molecule has 0 aliphatic heterocycles. The quantitative estimate of drug-likeness (QED) is 0.335. The zero-order valence-electron chi connectivity index (χ0n) is 16.7. The van der Waals surface area contributed by atoms with Crippen molar-refractivity contribution in [3.05, 3.63) is 104 Å². The molecule has 0 amide bonds. The molecule has 0 aliphatic rings. The summed E-state index contributed by atoms with van der Waals surface area (Å²) in [6, 6.07) is 21.6. The molecule has 154 valence electrons. The van der Waals surface area contributed by atoms with Crippen molar-refractivity contribution >= 4 is 45.7 Å². The van der Waals surface area contributed by atoms with Gasteiger partial charge in [-0.05, 0) is 107 Å². The van der Waals surface area contributed by atoms with Crippen molar-refractivity contribution in [1.82, 2.24) is 0 Å². The minimum Gasteiger partial charge on any atom is -0.490 e. The monoisotopic (exact) mass is 532 g/mol. The Morgan fingerprint density at radius 3 is 2.23 bits per heavy atom. The molecule has 0 saturated carbocycles. The standard InChI is InChI=1S/C25H22ClIO3/c1-16-15-22(11-12-23(16)17(2)25(28)29)30-14-13-24(18-3-7-20(26)8-4-18)19-5-9-21(27)10-6-19/h3-13,15,17H,14H2,1-2H3,(H,28,29). The SMILES string of the molecule is Cc1cc(OCC=C(c2ccc(Cl)cc2)c2ccc(I)cc2)ccc1C(C)C(=O)O. The lowest BCUT2D eigenvalue weighted by atomic mass is 9.96. The zero-order chi connectivity index (χ0) is 21.7. The maximum atomic E-state index is 11.2. The van der Waals surface area contributed by atoms with Gasteiger partial charge in [0.05, 0.1) is 5.92 Å². The fourth-order valence-corrected chi connectivity index (χ4v) is 3.72. The van der Waals surface area contributed by atoms with Crippen molar-refractivity contribution in [1.29, 1.82) is 0 Å². The molecular formula is C25H22ClIO3. The predicted molar refractivity (Wildman–Crippen MR) is 130 cm³/mol. The molecule has 1 N–H and O–H groups in total. The van der Waals surface area contributed by atoms with Gasteiger partial charge in [-0.3, -0.25) is 4.79 Å². The van der Waals surface area contributed by atoms with E-state index in [1.54, 1.807) is 6.92 Å². The number of benzene rings is 3. The van der Waals surface area contributed by atoms with Crippen molar-refractivity contribution < 1.29 is 14.6 Å². The van der Waals surface area contributed by atoms with Crippen LogP contribution in [0.3, 0.4) is 0 Å². The van der Waals surface area contributed by atoms with Crippen molar-refractivity contribution in [3.8, 4) is 5.75 Å². The number of rotatable bonds is 7. The molecule has 3 aromatic carbocycles. The summed E-state index contributed by atoms with van der Waals surface area (Å²) in [6.45, 7) is 3.98. The van der Waals surface area contributed by atoms with E-state index >= 15 is 0 Å². The van der Waals surface area contributed by atoms with Crippen molar-refractivity contribution in [2.24, 2.45) is 0 Å². The molecule has 3 rings (SSSR count). The third-order valence-corrected chi connectivity index (χ3v) is 5.90. The molecule has 0 spiro atoms. The van der Waals surface area contributed by atoms with Crippen LogP contribution in [-0.4, -0.2) is 17.7 Å². The Morgan fingerprint density at radius 1 is 1.07 bits per heavy atom. The van der Waals surface area contributed by atoms with Gasteiger partial charge in [-0.15, -0.1) is 0 Å². The number of hydrogen-bond acceptors (Lipinski definition) is 2. The first-order chi connectivity index (χ1) is 14.3. The van der Waals surface area contributed by atoms with Gasteiger partial charge >= 0.3 is 5.97 Å². The summed E-state index contributed by atoms with van der Waals surface area (Å²) in [5, 5.41) is 9.93. The number of aliphatic carboxylic acids is 1. The molecule has 0 radical (unpaired) electrons. The lowest BCUT2D eigenvalue weighted by molar-refractivity contribution is -0.138. The van der Waals surface area contributed by atoms with Crippen LogP contribution in [0.15, 0.2) is 72.8 Å². The van der Waals surface area contributed by atoms with E-state index in [4.69, 9.17) is 16.3 Å². The van der Waals surface area contributed by atoms with Gasteiger partial charge in [0.2, 0.25) is 0 Å². The molecule has 0 aromatic heterocycles. The zero-order valence-corrected chi connectivity index (χ0v) is 19.6. The van der Waals surface area contributed by atoms with Gasteiger partial charge in [0.15, 0.2) is 0 Å². The number of ether oxygens (including phenoxy) is 1. The number of carboxylic acids is 1. The minimum atomic E-state index is -0.833. The molecule has 3 aromatic rings. The molecule has 0 saturated heterocycles. The first-order valence-corrected chi connectivity index (χ1v) is 11.0. The average Bonchev–Trinajstić information content (AvgIpc) is 2.72. The molecule has 0 aliphatic carbocycles. The van der Waals surface area contributed by atoms with Crippen LogP contribution >= 0.6 is 34.2 Å². The Bertz CT molecular complexity index is 1010. The van der Waals surface area contributed by atoms with Crippen LogP contribution in [0.2, 0.25) is 5.02 Å². The Kier molecular flexibility index (Phi) is 7.56. The van der Waals surface area contributed by atoms with Gasteiger partial charge in [-0.2, -0.15) is 0 Å². The van der Waals surface area contributed by atoms with E-state index < -0.39 is 11.9 Å². The maximum absolute atomic E-state index is 11.2. The first kappa shape index (κ1) is 22.4. The van der Waals surface area contributed by atoms with E-state index in [-0.39, 0.29) is 0 Å². The van der Waals surface area contributed by atoms with E-state index in [1.807, 2.05) is 49.4 Å². The molecule has 30 heavy (non-hydrogen) atoms. The van der Waals surface area contributed by atoms with Crippen LogP contribution < -0.4 is 4.74 Å². The number of halogens is 2. The Morgan fingerprint density at radius 2 is 1.67 bits per heavy atom. The van der Waals surface area contributed by atoms with Gasteiger partial charge in [-0.1, -0.05) is 41.9 Å². The van der Waals surface area contributed by atoms with Crippen molar-refractivity contribution in [2.45, 2.75) is 19.8 Å². The number of aryl methyl sites for hydroxylation is 1. The van der Waals surface area contributed by atoms with Gasteiger partial charge in [-0.25, -0.2) is 0 Å². The molecule has 1 atom stereocenters. The van der Waals surface area contributed by atoms with E-state index in [1.165, 1.54) is 3.57 Å². The molecule has 3 nitrogen and oxygen atoms in total. The van der Waals surface area contributed by atoms with Crippen molar-refractivity contribution in [2.75, 3.05) is 6.61 Å². The molecule has 5 heteroatoms. The van der Waals surface area contributed by atoms with Crippen LogP contribution in [0.4, 0.5) is 0 Å². The maximum Gasteiger partial charge on any atom is 0.310 e. The Labute approximate surface area is 195 Å². The average molecular weight is 533 g/mol. The van der Waals surface area contributed by atoms with Gasteiger partial charge in [0.1, 0.15) is 12.4 Å². The second-order valence-electron chi connectivity index (χ2n) is 7.02. The summed E-state index contributed by atoms with van der Waals surface area (Å²) in [7, 11) is 0. The second-order valence-corrected chi connectivity index (χ2v) is 8.70. The van der Waals surface area contributed by atoms with Gasteiger partial charge < -0.3 is 9.84 Å². The van der Waals surface area contributed by atoms with Crippen molar-refractivity contribution in [3.63, 3.8) is 0 Å². The van der Waals surface area contributed by atoms with Crippen LogP contribution in [-0.2, 0) is 4.79 Å². The normalized spacial score (nSPS) is 12.5. The fourth-order valence-electron chi connectivity index (χ4n) is 3.24. The Balaban J connectivity index is 1.82. The van der Waals surface area contributed by atoms with Crippen LogP contribution in [0.25, 0.3) is 5.57 Å². The van der Waals surface area contributed by atoms with Crippen LogP contribution in [0, 0.1) is 10.5 Å². The smallest absolute Gasteiger partial charge is 0.310 e. The van der Waals surface area contributed by atoms with Crippen LogP contribution in [0.1, 0.15) is 35.1 Å². The van der Waals surface area contributed by atoms with E-state index in [2.05, 4.69) is 52.9 Å². The van der Waals surface area contributed by atoms with Crippen LogP contribution in [0.5, 0.6) is 5.75 Å². The highest BCUT2D eigenvalue weighted by atomic mass is 127. The third kappa shape index (κ3) is 5.64. The summed E-state index contributed by atoms with van der Waals surface area (Å²) >= 11 is 8.35. The van der Waals surface area contributed by atoms with Gasteiger partial charge in [0.25, 0.3) is 0 Å². The first-order valence-electron chi connectivity index (χ1n) is 9.53. The molecule has 0 bridgehead atoms. The number of hydrogen-bond donors (Lipinski definition) is 1. The molecule has 0 heterocycles. The summed E-state index contributed by atoms with van der Waals surface area (Å²) in [5.74, 6) is -0.667. The lowest BCUT2D eigenvalue weighted by Crippen LogP contribution is -2.09. The number of carbonyl (C=O) groups is 1. The summed E-state index contributed by atoms with van der Waals surface area (Å²) in [6.07, 6.45) is 2.05. The Hall–Kier alpha value is -2.31. The second kappa shape index (κ2) is 10.1. The summed E-state index contributed by atoms with van der Waals surface area (Å²) < 4.78 is 7.13. The molecule has 1 unspecified atom stereocenters. The topological polar surface area (TPSA) is 46.5 Å². The highest BCUT2D eigenvalue weighted by Gasteiger charge is 2.16. The van der Waals surface area contributed by atoms with E-state index in [9.17, 15) is 9.90 Å². The van der Waals surface area contributed by atoms with E-state index in [0.717, 1.165) is 27.8 Å². The highest BCUT2D eigenvalue weighted by molar-refractivity contribution is 14.1. The lowest BCUT2D eigenvalue weighted by Gasteiger charge is -2.13. The summed E-state index contributed by atoms with van der Waals surface area (Å²) in [5.41, 5.74) is 4.93. The summed E-state index contributed by atoms with van der Waals surface area (Å²) in [4.78, 5) is 11.2. The highest BCUT2D eigenvalue weighted by Crippen LogP contribution is 2.27. The minimum absolute atomic E-state index is 0.386. The fraction of sp³-hybridized carbons (Fsp3) is 0.160. The molecular weight excluding hydrogens is 511 g/mol. The van der Waals surface area contributed by atoms with E-state index in [0.29, 0.717) is 17.4 Å². The molecule has 0 fully saturated rings. The largest absolute Gasteiger partial charge is 0.490 e. The van der Waals surface area contributed by atoms with Gasteiger partial charge in [0, 0.05) is 8.59 Å². The third-order valence-electron chi connectivity index (χ3n) is 4.93. The predicted octanol–water partition coefficient (Wildman–Crippen LogP) is 6.95. The number of carboxylic acid groups (broad SMARTS) is 1.